The first-order chi connectivity index (χ1) is 13.1. The molecule has 0 radical (unpaired) electrons. The number of ether oxygens (including phenoxy) is 1. The lowest BCUT2D eigenvalue weighted by Gasteiger charge is -2.35. The second kappa shape index (κ2) is 9.19. The van der Waals surface area contributed by atoms with Crippen LogP contribution in [0, 0.1) is 0 Å². The van der Waals surface area contributed by atoms with Gasteiger partial charge in [0.25, 0.3) is 0 Å². The summed E-state index contributed by atoms with van der Waals surface area (Å²) >= 11 is 0. The highest BCUT2D eigenvalue weighted by molar-refractivity contribution is 5.88. The number of carbonyl (C=O) groups is 2. The maximum Gasteiger partial charge on any atom is 0.237 e. The van der Waals surface area contributed by atoms with Crippen molar-refractivity contribution in [3.05, 3.63) is 29.8 Å². The van der Waals surface area contributed by atoms with Gasteiger partial charge in [-0.15, -0.1) is 0 Å². The van der Waals surface area contributed by atoms with Gasteiger partial charge >= 0.3 is 0 Å². The number of carbonyl (C=O) groups excluding carboxylic acids is 2. The zero-order valence-electron chi connectivity index (χ0n) is 15.8. The fourth-order valence-electron chi connectivity index (χ4n) is 3.91. The van der Waals surface area contributed by atoms with E-state index in [4.69, 9.17) is 4.74 Å². The maximum absolute atomic E-state index is 12.5. The maximum atomic E-state index is 12.5. The zero-order chi connectivity index (χ0) is 19.2. The molecule has 0 unspecified atom stereocenters. The number of piperazine rings is 1. The second-order valence-electron chi connectivity index (χ2n) is 7.37. The minimum Gasteiger partial charge on any atom is -0.496 e. The van der Waals surface area contributed by atoms with Crippen LogP contribution in [0.5, 0.6) is 5.75 Å². The molecule has 0 bridgehead atoms. The lowest BCUT2D eigenvalue weighted by Crippen LogP contribution is -2.56. The van der Waals surface area contributed by atoms with Crippen LogP contribution in [-0.4, -0.2) is 60.2 Å². The Morgan fingerprint density at radius 3 is 2.78 bits per heavy atom. The Bertz CT molecular complexity index is 658. The third-order valence-corrected chi connectivity index (χ3v) is 5.45. The lowest BCUT2D eigenvalue weighted by molar-refractivity contribution is -0.134. The highest BCUT2D eigenvalue weighted by Crippen LogP contribution is 2.22. The summed E-state index contributed by atoms with van der Waals surface area (Å²) in [6, 6.07) is 7.35. The third-order valence-electron chi connectivity index (χ3n) is 5.45. The number of rotatable bonds is 6. The van der Waals surface area contributed by atoms with E-state index in [1.165, 1.54) is 0 Å². The predicted octanol–water partition coefficient (Wildman–Crippen LogP) is 0.805. The van der Waals surface area contributed by atoms with E-state index in [0.29, 0.717) is 19.6 Å². The van der Waals surface area contributed by atoms with Gasteiger partial charge in [0, 0.05) is 31.2 Å². The van der Waals surface area contributed by atoms with Crippen molar-refractivity contribution in [1.82, 2.24) is 15.5 Å². The van der Waals surface area contributed by atoms with Crippen LogP contribution < -0.4 is 15.4 Å². The zero-order valence-corrected chi connectivity index (χ0v) is 15.8. The molecule has 1 heterocycles. The average molecular weight is 375 g/mol. The first-order valence-corrected chi connectivity index (χ1v) is 9.68. The second-order valence-corrected chi connectivity index (χ2v) is 7.37. The summed E-state index contributed by atoms with van der Waals surface area (Å²) in [5.41, 5.74) is 1.00. The molecule has 7 heteroatoms. The van der Waals surface area contributed by atoms with Gasteiger partial charge in [0.05, 0.1) is 25.7 Å². The first-order valence-electron chi connectivity index (χ1n) is 9.68. The number of amides is 2. The summed E-state index contributed by atoms with van der Waals surface area (Å²) < 4.78 is 5.41. The SMILES string of the molecule is COc1ccccc1CN1CCNC(=O)[C@H]1CC(=O)NC1CCC(O)CC1. The van der Waals surface area contributed by atoms with Crippen LogP contribution in [0.2, 0.25) is 0 Å². The fourth-order valence-corrected chi connectivity index (χ4v) is 3.91. The molecule has 3 rings (SSSR count). The molecule has 1 saturated carbocycles. The van der Waals surface area contributed by atoms with Gasteiger partial charge in [0.1, 0.15) is 5.75 Å². The Morgan fingerprint density at radius 1 is 1.30 bits per heavy atom. The molecule has 1 aliphatic carbocycles. The summed E-state index contributed by atoms with van der Waals surface area (Å²) in [6.45, 7) is 1.83. The van der Waals surface area contributed by atoms with Gasteiger partial charge in [-0.25, -0.2) is 0 Å². The first kappa shape index (κ1) is 19.6. The highest BCUT2D eigenvalue weighted by Gasteiger charge is 2.32. The molecule has 1 saturated heterocycles. The van der Waals surface area contributed by atoms with E-state index in [1.807, 2.05) is 29.2 Å². The van der Waals surface area contributed by atoms with Gasteiger partial charge in [-0.2, -0.15) is 0 Å². The number of hydrogen-bond acceptors (Lipinski definition) is 5. The summed E-state index contributed by atoms with van der Waals surface area (Å²) in [4.78, 5) is 27.0. The van der Waals surface area contributed by atoms with Crippen LogP contribution in [0.1, 0.15) is 37.7 Å². The van der Waals surface area contributed by atoms with Gasteiger partial charge in [0.2, 0.25) is 11.8 Å². The Labute approximate surface area is 160 Å². The number of methoxy groups -OCH3 is 1. The Morgan fingerprint density at radius 2 is 2.04 bits per heavy atom. The molecule has 0 spiro atoms. The number of hydrogen-bond donors (Lipinski definition) is 3. The average Bonchev–Trinajstić information content (AvgIpc) is 2.67. The number of nitrogens with one attached hydrogen (secondary N) is 2. The fraction of sp³-hybridized carbons (Fsp3) is 0.600. The van der Waals surface area contributed by atoms with Crippen LogP contribution in [0.25, 0.3) is 0 Å². The molecule has 1 aromatic rings. The minimum absolute atomic E-state index is 0.0928. The molecule has 7 nitrogen and oxygen atoms in total. The van der Waals surface area contributed by atoms with E-state index in [2.05, 4.69) is 10.6 Å². The number of aliphatic hydroxyl groups is 1. The molecule has 0 aromatic heterocycles. The van der Waals surface area contributed by atoms with E-state index in [9.17, 15) is 14.7 Å². The van der Waals surface area contributed by atoms with E-state index in [0.717, 1.165) is 37.0 Å². The van der Waals surface area contributed by atoms with Crippen molar-refractivity contribution in [3.63, 3.8) is 0 Å². The Hall–Kier alpha value is -2.12. The highest BCUT2D eigenvalue weighted by atomic mass is 16.5. The summed E-state index contributed by atoms with van der Waals surface area (Å²) in [5, 5.41) is 15.5. The van der Waals surface area contributed by atoms with Gasteiger partial charge in [-0.05, 0) is 31.7 Å². The molecular weight excluding hydrogens is 346 g/mol. The monoisotopic (exact) mass is 375 g/mol. The lowest BCUT2D eigenvalue weighted by atomic mass is 9.93. The van der Waals surface area contributed by atoms with Gasteiger partial charge in [-0.1, -0.05) is 18.2 Å². The Balaban J connectivity index is 1.62. The van der Waals surface area contributed by atoms with Gasteiger partial charge in [0.15, 0.2) is 0 Å². The molecule has 1 aromatic carbocycles. The summed E-state index contributed by atoms with van der Waals surface area (Å²) in [7, 11) is 1.63. The standard InChI is InChI=1S/C20H29N3O4/c1-27-18-5-3-2-4-14(18)13-23-11-10-21-20(26)17(23)12-19(25)22-15-6-8-16(24)9-7-15/h2-5,15-17,24H,6-13H2,1H3,(H,21,26)(H,22,25)/t15?,16?,17-/m1/s1. The molecule has 2 amide bonds. The van der Waals surface area contributed by atoms with Crippen molar-refractivity contribution < 1.29 is 19.4 Å². The van der Waals surface area contributed by atoms with Gasteiger partial charge in [-0.3, -0.25) is 14.5 Å². The van der Waals surface area contributed by atoms with Crippen molar-refractivity contribution in [3.8, 4) is 5.75 Å². The smallest absolute Gasteiger partial charge is 0.237 e. The number of nitrogens with zero attached hydrogens (tertiary/aromatic N) is 1. The van der Waals surface area contributed by atoms with Crippen LogP contribution in [0.3, 0.4) is 0 Å². The van der Waals surface area contributed by atoms with E-state index in [-0.39, 0.29) is 30.4 Å². The molecule has 1 aliphatic heterocycles. The minimum atomic E-state index is -0.488. The Kier molecular flexibility index (Phi) is 6.68. The van der Waals surface area contributed by atoms with Crippen LogP contribution >= 0.6 is 0 Å². The van der Waals surface area contributed by atoms with E-state index in [1.54, 1.807) is 7.11 Å². The predicted molar refractivity (Wildman–Crippen MR) is 101 cm³/mol. The van der Waals surface area contributed by atoms with Crippen molar-refractivity contribution >= 4 is 11.8 Å². The summed E-state index contributed by atoms with van der Waals surface area (Å²) in [6.07, 6.45) is 2.89. The van der Waals surface area contributed by atoms with E-state index >= 15 is 0 Å². The molecule has 27 heavy (non-hydrogen) atoms. The molecule has 3 N–H and O–H groups in total. The van der Waals surface area contributed by atoms with Crippen molar-refractivity contribution in [2.75, 3.05) is 20.2 Å². The number of aliphatic hydroxyl groups excluding tert-OH is 1. The van der Waals surface area contributed by atoms with Crippen LogP contribution in [0.15, 0.2) is 24.3 Å². The molecule has 2 aliphatic rings. The van der Waals surface area contributed by atoms with Crippen molar-refractivity contribution in [2.24, 2.45) is 0 Å². The number of para-hydroxylation sites is 1. The molecular formula is C20H29N3O4. The van der Waals surface area contributed by atoms with Crippen molar-refractivity contribution in [2.45, 2.75) is 56.8 Å². The third kappa shape index (κ3) is 5.20. The summed E-state index contributed by atoms with van der Waals surface area (Å²) in [5.74, 6) is 0.571. The molecule has 148 valence electrons. The van der Waals surface area contributed by atoms with Crippen molar-refractivity contribution in [1.29, 1.82) is 0 Å². The molecule has 1 atom stereocenters. The largest absolute Gasteiger partial charge is 0.496 e. The van der Waals surface area contributed by atoms with E-state index < -0.39 is 6.04 Å². The normalized spacial score (nSPS) is 26.3. The quantitative estimate of drug-likeness (QED) is 0.684. The number of benzene rings is 1. The topological polar surface area (TPSA) is 90.9 Å². The van der Waals surface area contributed by atoms with Gasteiger partial charge < -0.3 is 20.5 Å². The molecule has 2 fully saturated rings. The van der Waals surface area contributed by atoms with Crippen LogP contribution in [-0.2, 0) is 16.1 Å². The van der Waals surface area contributed by atoms with Crippen LogP contribution in [0.4, 0.5) is 0 Å².